The minimum absolute atomic E-state index is 0.0583. The Morgan fingerprint density at radius 3 is 2.00 bits per heavy atom. The Morgan fingerprint density at radius 2 is 1.45 bits per heavy atom. The molecular weight excluding hydrogens is 252 g/mol. The number of carboxylic acid groups (broad SMARTS) is 1. The number of carboxylic acids is 1. The minimum atomic E-state index is -0.871. The fourth-order valence-electron chi connectivity index (χ4n) is 2.43. The van der Waals surface area contributed by atoms with Crippen molar-refractivity contribution in [2.45, 2.75) is 6.42 Å². The first-order chi connectivity index (χ1) is 9.66. The van der Waals surface area contributed by atoms with Gasteiger partial charge in [-0.05, 0) is 17.5 Å². The Hall–Kier alpha value is -2.42. The molecule has 1 aliphatic rings. The maximum atomic E-state index is 12.1. The van der Waals surface area contributed by atoms with Crippen LogP contribution in [0, 0.1) is 11.8 Å². The van der Waals surface area contributed by atoms with Crippen molar-refractivity contribution in [3.05, 3.63) is 60.2 Å². The predicted octanol–water partition coefficient (Wildman–Crippen LogP) is 3.26. The molecule has 0 aliphatic heterocycles. The van der Waals surface area contributed by atoms with Gasteiger partial charge in [0.2, 0.25) is 0 Å². The Morgan fingerprint density at radius 1 is 0.850 bits per heavy atom. The first-order valence-electron chi connectivity index (χ1n) is 6.59. The highest BCUT2D eigenvalue weighted by Crippen LogP contribution is 2.41. The first kappa shape index (κ1) is 12.6. The number of Topliss-reactive ketones (excluding diaryl/α,β-unsaturated/α-hetero) is 1. The van der Waals surface area contributed by atoms with Crippen LogP contribution in [0.5, 0.6) is 0 Å². The van der Waals surface area contributed by atoms with E-state index >= 15 is 0 Å². The Balaban J connectivity index is 1.77. The van der Waals surface area contributed by atoms with Gasteiger partial charge >= 0.3 is 5.97 Å². The van der Waals surface area contributed by atoms with E-state index < -0.39 is 11.9 Å². The second kappa shape index (κ2) is 4.93. The molecule has 2 aromatic carbocycles. The van der Waals surface area contributed by atoms with E-state index in [1.54, 1.807) is 12.1 Å². The average Bonchev–Trinajstić information content (AvgIpc) is 3.28. The van der Waals surface area contributed by atoms with Crippen LogP contribution in [-0.2, 0) is 4.79 Å². The fraction of sp³-hybridized carbons (Fsp3) is 0.176. The topological polar surface area (TPSA) is 54.4 Å². The summed E-state index contributed by atoms with van der Waals surface area (Å²) in [6.07, 6.45) is 0.467. The number of carbonyl (C=O) groups is 2. The van der Waals surface area contributed by atoms with Gasteiger partial charge in [0.25, 0.3) is 0 Å². The number of hydrogen-bond acceptors (Lipinski definition) is 2. The molecule has 100 valence electrons. The standard InChI is InChI=1S/C17H14O3/c18-16(14-10-15(14)17(19)20)13-8-6-12(7-9-13)11-4-2-1-3-5-11/h1-9,14-15H,10H2,(H,19,20)/t14-,15+/m0/s1. The zero-order valence-corrected chi connectivity index (χ0v) is 10.8. The van der Waals surface area contributed by atoms with Crippen molar-refractivity contribution in [1.29, 1.82) is 0 Å². The molecule has 3 nitrogen and oxygen atoms in total. The largest absolute Gasteiger partial charge is 0.481 e. The van der Waals surface area contributed by atoms with E-state index in [0.717, 1.165) is 11.1 Å². The zero-order chi connectivity index (χ0) is 14.1. The van der Waals surface area contributed by atoms with Crippen molar-refractivity contribution in [3.63, 3.8) is 0 Å². The van der Waals surface area contributed by atoms with Gasteiger partial charge in [-0.15, -0.1) is 0 Å². The van der Waals surface area contributed by atoms with Crippen LogP contribution in [-0.4, -0.2) is 16.9 Å². The van der Waals surface area contributed by atoms with Crippen LogP contribution in [0.2, 0.25) is 0 Å². The summed E-state index contributed by atoms with van der Waals surface area (Å²) in [5.41, 5.74) is 2.74. The lowest BCUT2D eigenvalue weighted by Crippen LogP contribution is -2.08. The van der Waals surface area contributed by atoms with Crippen LogP contribution in [0.3, 0.4) is 0 Å². The molecule has 0 heterocycles. The lowest BCUT2D eigenvalue weighted by molar-refractivity contribution is -0.138. The quantitative estimate of drug-likeness (QED) is 0.864. The van der Waals surface area contributed by atoms with Gasteiger partial charge in [0.05, 0.1) is 5.92 Å². The molecule has 1 N–H and O–H groups in total. The summed E-state index contributed by atoms with van der Waals surface area (Å²) in [7, 11) is 0. The summed E-state index contributed by atoms with van der Waals surface area (Å²) >= 11 is 0. The van der Waals surface area contributed by atoms with E-state index in [1.807, 2.05) is 42.5 Å². The summed E-state index contributed by atoms with van der Waals surface area (Å²) < 4.78 is 0. The van der Waals surface area contributed by atoms with E-state index in [4.69, 9.17) is 5.11 Å². The van der Waals surface area contributed by atoms with Gasteiger partial charge in [0.15, 0.2) is 5.78 Å². The number of carbonyl (C=O) groups excluding carboxylic acids is 1. The predicted molar refractivity (Wildman–Crippen MR) is 75.4 cm³/mol. The van der Waals surface area contributed by atoms with Gasteiger partial charge in [0.1, 0.15) is 0 Å². The SMILES string of the molecule is O=C(c1ccc(-c2ccccc2)cc1)[C@H]1C[C@H]1C(=O)O. The molecule has 2 aromatic rings. The van der Waals surface area contributed by atoms with Gasteiger partial charge < -0.3 is 5.11 Å². The smallest absolute Gasteiger partial charge is 0.307 e. The molecular formula is C17H14O3. The Kier molecular flexibility index (Phi) is 3.11. The second-order valence-corrected chi connectivity index (χ2v) is 5.09. The van der Waals surface area contributed by atoms with Crippen LogP contribution < -0.4 is 0 Å². The van der Waals surface area contributed by atoms with Crippen molar-refractivity contribution >= 4 is 11.8 Å². The Bertz CT molecular complexity index is 644. The van der Waals surface area contributed by atoms with Crippen LogP contribution in [0.15, 0.2) is 54.6 Å². The summed E-state index contributed by atoms with van der Waals surface area (Å²) in [6, 6.07) is 17.3. The molecule has 1 saturated carbocycles. The molecule has 0 amide bonds. The van der Waals surface area contributed by atoms with Crippen molar-refractivity contribution in [2.24, 2.45) is 11.8 Å². The third-order valence-corrected chi connectivity index (χ3v) is 3.72. The Labute approximate surface area is 116 Å². The molecule has 3 heteroatoms. The van der Waals surface area contributed by atoms with Gasteiger partial charge in [-0.25, -0.2) is 0 Å². The van der Waals surface area contributed by atoms with Gasteiger partial charge in [-0.3, -0.25) is 9.59 Å². The van der Waals surface area contributed by atoms with Gasteiger partial charge in [-0.2, -0.15) is 0 Å². The molecule has 1 aliphatic carbocycles. The lowest BCUT2D eigenvalue weighted by Gasteiger charge is -2.03. The summed E-state index contributed by atoms with van der Waals surface area (Å²) in [5.74, 6) is -1.76. The molecule has 20 heavy (non-hydrogen) atoms. The van der Waals surface area contributed by atoms with E-state index in [9.17, 15) is 9.59 Å². The zero-order valence-electron chi connectivity index (χ0n) is 10.8. The third-order valence-electron chi connectivity index (χ3n) is 3.72. The third kappa shape index (κ3) is 2.35. The fourth-order valence-corrected chi connectivity index (χ4v) is 2.43. The van der Waals surface area contributed by atoms with Crippen molar-refractivity contribution in [2.75, 3.05) is 0 Å². The normalized spacial score (nSPS) is 20.4. The maximum absolute atomic E-state index is 12.1. The molecule has 0 radical (unpaired) electrons. The van der Waals surface area contributed by atoms with Crippen LogP contribution in [0.1, 0.15) is 16.8 Å². The van der Waals surface area contributed by atoms with Crippen molar-refractivity contribution in [1.82, 2.24) is 0 Å². The molecule has 1 fully saturated rings. The second-order valence-electron chi connectivity index (χ2n) is 5.09. The minimum Gasteiger partial charge on any atom is -0.481 e. The van der Waals surface area contributed by atoms with Crippen molar-refractivity contribution in [3.8, 4) is 11.1 Å². The highest BCUT2D eigenvalue weighted by Gasteiger charge is 2.48. The highest BCUT2D eigenvalue weighted by molar-refractivity contribution is 6.02. The van der Waals surface area contributed by atoms with Crippen LogP contribution in [0.4, 0.5) is 0 Å². The lowest BCUT2D eigenvalue weighted by atomic mass is 10.0. The van der Waals surface area contributed by atoms with E-state index in [-0.39, 0.29) is 11.7 Å². The average molecular weight is 266 g/mol. The molecule has 2 atom stereocenters. The number of hydrogen-bond donors (Lipinski definition) is 1. The summed E-state index contributed by atoms with van der Waals surface area (Å²) in [5, 5.41) is 8.86. The molecule has 0 unspecified atom stereocenters. The monoisotopic (exact) mass is 266 g/mol. The first-order valence-corrected chi connectivity index (χ1v) is 6.59. The van der Waals surface area contributed by atoms with Gasteiger partial charge in [0, 0.05) is 11.5 Å². The maximum Gasteiger partial charge on any atom is 0.307 e. The number of rotatable bonds is 4. The molecule has 3 rings (SSSR count). The summed E-state index contributed by atoms with van der Waals surface area (Å²) in [4.78, 5) is 22.9. The van der Waals surface area contributed by atoms with E-state index in [1.165, 1.54) is 0 Å². The highest BCUT2D eigenvalue weighted by atomic mass is 16.4. The molecule has 0 spiro atoms. The van der Waals surface area contributed by atoms with E-state index in [0.29, 0.717) is 12.0 Å². The van der Waals surface area contributed by atoms with Crippen LogP contribution in [0.25, 0.3) is 11.1 Å². The molecule has 0 aromatic heterocycles. The van der Waals surface area contributed by atoms with Crippen LogP contribution >= 0.6 is 0 Å². The molecule has 0 bridgehead atoms. The van der Waals surface area contributed by atoms with Gasteiger partial charge in [-0.1, -0.05) is 54.6 Å². The molecule has 0 saturated heterocycles. The van der Waals surface area contributed by atoms with E-state index in [2.05, 4.69) is 0 Å². The summed E-state index contributed by atoms with van der Waals surface area (Å²) in [6.45, 7) is 0. The number of ketones is 1. The number of benzene rings is 2. The van der Waals surface area contributed by atoms with Crippen molar-refractivity contribution < 1.29 is 14.7 Å². The number of aliphatic carboxylic acids is 1.